The van der Waals surface area contributed by atoms with Crippen LogP contribution in [0.2, 0.25) is 0 Å². The number of hydrogen-bond donors (Lipinski definition) is 3. The number of nitrogens with zero attached hydrogens (tertiary/aromatic N) is 3. The van der Waals surface area contributed by atoms with Crippen LogP contribution in [0.25, 0.3) is 0 Å². The Kier molecular flexibility index (Phi) is 4.89. The Balaban J connectivity index is 1.33. The lowest BCUT2D eigenvalue weighted by atomic mass is 10.1. The Morgan fingerprint density at radius 1 is 1.32 bits per heavy atom. The van der Waals surface area contributed by atoms with Crippen molar-refractivity contribution in [2.75, 3.05) is 25.4 Å². The Morgan fingerprint density at radius 3 is 3.00 bits per heavy atom. The Labute approximate surface area is 151 Å². The normalized spacial score (nSPS) is 28.9. The second-order valence-electron chi connectivity index (χ2n) is 6.72. The van der Waals surface area contributed by atoms with Crippen LogP contribution in [0.1, 0.15) is 6.42 Å². The molecule has 1 aromatic heterocycles. The zero-order valence-corrected chi connectivity index (χ0v) is 14.8. The zero-order chi connectivity index (χ0) is 17.2. The maximum absolute atomic E-state index is 10.4. The number of β-amino-alcohol motifs (C(OH)–C–C–N with tert-alkyl or cyclic N) is 1. The molecule has 0 bridgehead atoms. The van der Waals surface area contributed by atoms with E-state index in [2.05, 4.69) is 26.3 Å². The molecule has 3 atom stereocenters. The van der Waals surface area contributed by atoms with Gasteiger partial charge >= 0.3 is 0 Å². The van der Waals surface area contributed by atoms with Crippen LogP contribution >= 0.6 is 11.8 Å². The fourth-order valence-electron chi connectivity index (χ4n) is 3.63. The quantitative estimate of drug-likeness (QED) is 0.681. The number of aliphatic imine (C=N–C) groups is 1. The summed E-state index contributed by atoms with van der Waals surface area (Å²) in [6, 6.07) is 4.03. The number of nitrogens with two attached hydrogens (primary N) is 1. The summed E-state index contributed by atoms with van der Waals surface area (Å²) in [6.45, 7) is 2.49. The van der Waals surface area contributed by atoms with Gasteiger partial charge in [-0.05, 0) is 29.7 Å². The van der Waals surface area contributed by atoms with Gasteiger partial charge in [0, 0.05) is 54.3 Å². The van der Waals surface area contributed by atoms with Gasteiger partial charge in [-0.3, -0.25) is 14.9 Å². The van der Waals surface area contributed by atoms with Crippen molar-refractivity contribution in [1.29, 1.82) is 0 Å². The molecule has 3 heterocycles. The number of nitrogens with one attached hydrogen (secondary N) is 1. The molecule has 0 aromatic carbocycles. The monoisotopic (exact) mass is 357 g/mol. The third-order valence-corrected chi connectivity index (χ3v) is 6.20. The summed E-state index contributed by atoms with van der Waals surface area (Å²) in [7, 11) is 0. The van der Waals surface area contributed by atoms with Gasteiger partial charge in [0.05, 0.1) is 12.4 Å². The highest BCUT2D eigenvalue weighted by molar-refractivity contribution is 7.99. The molecule has 1 aromatic rings. The van der Waals surface area contributed by atoms with E-state index < -0.39 is 0 Å². The number of allylic oxidation sites excluding steroid dienone is 1. The maximum Gasteiger partial charge on any atom is 0.123 e. The van der Waals surface area contributed by atoms with Gasteiger partial charge in [0.15, 0.2) is 0 Å². The Hall–Kier alpha value is -1.67. The number of aliphatic hydroxyl groups is 1. The van der Waals surface area contributed by atoms with Gasteiger partial charge in [-0.2, -0.15) is 0 Å². The number of aromatic nitrogens is 1. The molecule has 6 nitrogen and oxygen atoms in total. The number of thioether (sulfide) groups is 1. The molecule has 2 aliphatic heterocycles. The van der Waals surface area contributed by atoms with E-state index in [0.717, 1.165) is 37.5 Å². The summed E-state index contributed by atoms with van der Waals surface area (Å²) in [5.74, 6) is 1.21. The summed E-state index contributed by atoms with van der Waals surface area (Å²) in [6.07, 6.45) is 7.92. The predicted molar refractivity (Wildman–Crippen MR) is 100 cm³/mol. The summed E-state index contributed by atoms with van der Waals surface area (Å²) < 4.78 is 0. The third kappa shape index (κ3) is 3.64. The first-order chi connectivity index (χ1) is 12.2. The number of likely N-dealkylation sites (tertiary alicyclic amines) is 1. The molecule has 4 N–H and O–H groups in total. The van der Waals surface area contributed by atoms with E-state index in [1.54, 1.807) is 18.1 Å². The van der Waals surface area contributed by atoms with E-state index in [-0.39, 0.29) is 18.2 Å². The van der Waals surface area contributed by atoms with Gasteiger partial charge in [0.1, 0.15) is 6.17 Å². The van der Waals surface area contributed by atoms with Crippen molar-refractivity contribution in [3.05, 3.63) is 47.4 Å². The van der Waals surface area contributed by atoms with E-state index in [9.17, 15) is 5.11 Å². The first-order valence-electron chi connectivity index (χ1n) is 8.60. The molecule has 3 unspecified atom stereocenters. The number of rotatable bonds is 5. The van der Waals surface area contributed by atoms with E-state index in [0.29, 0.717) is 0 Å². The van der Waals surface area contributed by atoms with Crippen molar-refractivity contribution in [3.63, 3.8) is 0 Å². The van der Waals surface area contributed by atoms with Crippen LogP contribution < -0.4 is 11.1 Å². The van der Waals surface area contributed by atoms with E-state index in [4.69, 9.17) is 5.73 Å². The van der Waals surface area contributed by atoms with Crippen LogP contribution in [0.3, 0.4) is 0 Å². The van der Waals surface area contributed by atoms with Gasteiger partial charge in [-0.1, -0.05) is 6.08 Å². The lowest BCUT2D eigenvalue weighted by Gasteiger charge is -2.22. The third-order valence-electron chi connectivity index (χ3n) is 5.00. The SMILES string of the molecule is NC1N=CNC2=C1CC=C2CN1CC(O)C(CSc2ccncc2)C1. The standard InChI is InChI=1S/C18H23N5OS/c19-18-15-2-1-12(17(15)21-11-22-18)7-23-8-13(16(24)9-23)10-25-14-3-5-20-6-4-14/h1,3-6,11,13,16,18,24H,2,7-10,19H2,(H,21,22). The van der Waals surface area contributed by atoms with Crippen molar-refractivity contribution >= 4 is 18.1 Å². The highest BCUT2D eigenvalue weighted by Crippen LogP contribution is 2.31. The van der Waals surface area contributed by atoms with Gasteiger partial charge in [-0.25, -0.2) is 0 Å². The van der Waals surface area contributed by atoms with Crippen molar-refractivity contribution < 1.29 is 5.11 Å². The van der Waals surface area contributed by atoms with Crippen LogP contribution in [-0.4, -0.2) is 59.0 Å². The average molecular weight is 357 g/mol. The van der Waals surface area contributed by atoms with Crippen LogP contribution in [0.4, 0.5) is 0 Å². The Bertz CT molecular complexity index is 717. The highest BCUT2D eigenvalue weighted by Gasteiger charge is 2.33. The minimum absolute atomic E-state index is 0.223. The average Bonchev–Trinajstić information content (AvgIpc) is 3.19. The molecule has 0 saturated carbocycles. The molecule has 0 amide bonds. The van der Waals surface area contributed by atoms with Gasteiger partial charge < -0.3 is 16.2 Å². The van der Waals surface area contributed by atoms with Crippen LogP contribution in [0.15, 0.2) is 57.3 Å². The molecule has 3 aliphatic rings. The van der Waals surface area contributed by atoms with Crippen molar-refractivity contribution in [2.24, 2.45) is 16.6 Å². The molecule has 0 spiro atoms. The summed E-state index contributed by atoms with van der Waals surface area (Å²) in [4.78, 5) is 11.8. The predicted octanol–water partition coefficient (Wildman–Crippen LogP) is 0.967. The second kappa shape index (κ2) is 7.29. The van der Waals surface area contributed by atoms with E-state index >= 15 is 0 Å². The first kappa shape index (κ1) is 16.8. The molecule has 4 rings (SSSR count). The van der Waals surface area contributed by atoms with Gasteiger partial charge in [0.2, 0.25) is 0 Å². The lowest BCUT2D eigenvalue weighted by molar-refractivity contribution is 0.151. The highest BCUT2D eigenvalue weighted by atomic mass is 32.2. The van der Waals surface area contributed by atoms with Crippen LogP contribution in [0.5, 0.6) is 0 Å². The molecule has 132 valence electrons. The van der Waals surface area contributed by atoms with E-state index in [1.165, 1.54) is 16.0 Å². The largest absolute Gasteiger partial charge is 0.391 e. The molecule has 1 aliphatic carbocycles. The lowest BCUT2D eigenvalue weighted by Crippen LogP contribution is -2.32. The van der Waals surface area contributed by atoms with Crippen molar-refractivity contribution in [3.8, 4) is 0 Å². The summed E-state index contributed by atoms with van der Waals surface area (Å²) >= 11 is 1.79. The fraction of sp³-hybridized carbons (Fsp3) is 0.444. The topological polar surface area (TPSA) is 86.8 Å². The molecule has 0 radical (unpaired) electrons. The Morgan fingerprint density at radius 2 is 2.16 bits per heavy atom. The summed E-state index contributed by atoms with van der Waals surface area (Å²) in [5, 5.41) is 13.7. The zero-order valence-electron chi connectivity index (χ0n) is 14.0. The van der Waals surface area contributed by atoms with Gasteiger partial charge in [0.25, 0.3) is 0 Å². The number of hydrogen-bond acceptors (Lipinski definition) is 7. The second-order valence-corrected chi connectivity index (χ2v) is 7.81. The molecule has 25 heavy (non-hydrogen) atoms. The summed E-state index contributed by atoms with van der Waals surface area (Å²) in [5.41, 5.74) is 9.61. The first-order valence-corrected chi connectivity index (χ1v) is 9.58. The van der Waals surface area contributed by atoms with Crippen molar-refractivity contribution in [2.45, 2.75) is 23.6 Å². The molecule has 7 heteroatoms. The van der Waals surface area contributed by atoms with Crippen LogP contribution in [0, 0.1) is 5.92 Å². The van der Waals surface area contributed by atoms with Crippen LogP contribution in [-0.2, 0) is 0 Å². The smallest absolute Gasteiger partial charge is 0.123 e. The fourth-order valence-corrected chi connectivity index (χ4v) is 4.67. The minimum atomic E-state index is -0.270. The maximum atomic E-state index is 10.4. The van der Waals surface area contributed by atoms with E-state index in [1.807, 2.05) is 24.5 Å². The van der Waals surface area contributed by atoms with Gasteiger partial charge in [-0.15, -0.1) is 11.8 Å². The molecular weight excluding hydrogens is 334 g/mol. The molecule has 1 saturated heterocycles. The molecular formula is C18H23N5OS. The minimum Gasteiger partial charge on any atom is -0.391 e. The van der Waals surface area contributed by atoms with Crippen molar-refractivity contribution in [1.82, 2.24) is 15.2 Å². The number of pyridine rings is 1. The molecule has 1 fully saturated rings. The number of aliphatic hydroxyl groups excluding tert-OH is 1.